The standard InChI is InChI=1S/C13H19O6P/c1-4-18-20(16,19-5-2)13(15,12(14)17-3)11-9-7-6-8-10-11/h6-10,15H,4-5H2,1-3H3. The van der Waals surface area contributed by atoms with Crippen LogP contribution in [-0.4, -0.2) is 31.4 Å². The van der Waals surface area contributed by atoms with Crippen molar-refractivity contribution < 1.29 is 28.3 Å². The van der Waals surface area contributed by atoms with Crippen LogP contribution in [0.2, 0.25) is 0 Å². The first kappa shape index (κ1) is 16.9. The van der Waals surface area contributed by atoms with E-state index < -0.39 is 18.9 Å². The Hall–Kier alpha value is -1.20. The van der Waals surface area contributed by atoms with E-state index in [0.29, 0.717) is 0 Å². The highest BCUT2D eigenvalue weighted by Crippen LogP contribution is 2.63. The minimum absolute atomic E-state index is 0.0173. The van der Waals surface area contributed by atoms with Gasteiger partial charge in [0.25, 0.3) is 5.34 Å². The third-order valence-electron chi connectivity index (χ3n) is 2.64. The van der Waals surface area contributed by atoms with Crippen LogP contribution in [0.4, 0.5) is 0 Å². The molecule has 0 aliphatic heterocycles. The van der Waals surface area contributed by atoms with E-state index in [9.17, 15) is 14.5 Å². The average Bonchev–Trinajstić information content (AvgIpc) is 2.46. The molecule has 0 bridgehead atoms. The molecule has 0 saturated heterocycles. The van der Waals surface area contributed by atoms with Gasteiger partial charge in [-0.15, -0.1) is 0 Å². The number of aliphatic hydroxyl groups is 1. The molecule has 1 N–H and O–H groups in total. The van der Waals surface area contributed by atoms with Gasteiger partial charge >= 0.3 is 13.6 Å². The van der Waals surface area contributed by atoms with E-state index >= 15 is 0 Å². The third-order valence-corrected chi connectivity index (χ3v) is 5.07. The number of carbonyl (C=O) groups excluding carboxylic acids is 1. The Morgan fingerprint density at radius 2 is 1.70 bits per heavy atom. The SMILES string of the molecule is CCOP(=O)(OCC)C(O)(C(=O)OC)c1ccccc1. The molecule has 0 radical (unpaired) electrons. The van der Waals surface area contributed by atoms with Crippen LogP contribution >= 0.6 is 7.60 Å². The fourth-order valence-corrected chi connectivity index (χ4v) is 3.67. The van der Waals surface area contributed by atoms with Gasteiger partial charge in [0, 0.05) is 5.56 Å². The molecule has 0 amide bonds. The number of rotatable bonds is 7. The number of ether oxygens (including phenoxy) is 1. The van der Waals surface area contributed by atoms with E-state index in [0.717, 1.165) is 7.11 Å². The van der Waals surface area contributed by atoms with E-state index in [-0.39, 0.29) is 18.8 Å². The number of benzene rings is 1. The van der Waals surface area contributed by atoms with Crippen molar-refractivity contribution in [3.8, 4) is 0 Å². The van der Waals surface area contributed by atoms with Crippen LogP contribution in [-0.2, 0) is 28.5 Å². The summed E-state index contributed by atoms with van der Waals surface area (Å²) in [5, 5.41) is 8.25. The number of methoxy groups -OCH3 is 1. The monoisotopic (exact) mass is 302 g/mol. The molecule has 1 atom stereocenters. The average molecular weight is 302 g/mol. The second-order valence-corrected chi connectivity index (χ2v) is 6.02. The van der Waals surface area contributed by atoms with Gasteiger partial charge in [-0.2, -0.15) is 0 Å². The maximum Gasteiger partial charge on any atom is 0.378 e. The molecule has 1 rings (SSSR count). The third kappa shape index (κ3) is 2.94. The normalized spacial score (nSPS) is 14.6. The summed E-state index contributed by atoms with van der Waals surface area (Å²) in [6.07, 6.45) is 0. The first-order valence-corrected chi connectivity index (χ1v) is 7.76. The summed E-state index contributed by atoms with van der Waals surface area (Å²) >= 11 is 0. The van der Waals surface area contributed by atoms with Crippen LogP contribution in [0.1, 0.15) is 19.4 Å². The molecule has 1 aromatic rings. The Morgan fingerprint density at radius 3 is 2.10 bits per heavy atom. The van der Waals surface area contributed by atoms with Crippen molar-refractivity contribution in [2.24, 2.45) is 0 Å². The summed E-state index contributed by atoms with van der Waals surface area (Å²) in [5.74, 6) is -1.09. The molecule has 6 nitrogen and oxygen atoms in total. The zero-order chi connectivity index (χ0) is 15.2. The number of hydrogen-bond acceptors (Lipinski definition) is 6. The summed E-state index contributed by atoms with van der Waals surface area (Å²) in [6, 6.07) is 7.83. The van der Waals surface area contributed by atoms with Gasteiger partial charge in [0.1, 0.15) is 0 Å². The molecule has 0 aromatic heterocycles. The smallest absolute Gasteiger partial charge is 0.378 e. The van der Waals surface area contributed by atoms with Crippen molar-refractivity contribution in [1.82, 2.24) is 0 Å². The minimum Gasteiger partial charge on any atom is -0.466 e. The lowest BCUT2D eigenvalue weighted by Crippen LogP contribution is -2.38. The Labute approximate surface area is 118 Å². The Bertz CT molecular complexity index is 479. The number of carbonyl (C=O) groups is 1. The lowest BCUT2D eigenvalue weighted by atomic mass is 10.1. The number of esters is 1. The molecule has 0 heterocycles. The molecule has 0 spiro atoms. The zero-order valence-corrected chi connectivity index (χ0v) is 12.6. The zero-order valence-electron chi connectivity index (χ0n) is 11.7. The van der Waals surface area contributed by atoms with Crippen LogP contribution in [0.15, 0.2) is 30.3 Å². The van der Waals surface area contributed by atoms with Crippen LogP contribution in [0.3, 0.4) is 0 Å². The first-order chi connectivity index (χ1) is 9.46. The highest BCUT2D eigenvalue weighted by Gasteiger charge is 2.58. The lowest BCUT2D eigenvalue weighted by Gasteiger charge is -2.32. The quantitative estimate of drug-likeness (QED) is 0.614. The van der Waals surface area contributed by atoms with Crippen molar-refractivity contribution in [2.45, 2.75) is 19.2 Å². The maximum atomic E-state index is 12.8. The summed E-state index contributed by atoms with van der Waals surface area (Å²) in [6.45, 7) is 3.22. The Kier molecular flexibility index (Phi) is 5.89. The molecule has 1 unspecified atom stereocenters. The molecule has 0 saturated carbocycles. The molecule has 112 valence electrons. The highest BCUT2D eigenvalue weighted by molar-refractivity contribution is 7.56. The summed E-state index contributed by atoms with van der Waals surface area (Å²) in [5.41, 5.74) is 0.0945. The second-order valence-electron chi connectivity index (χ2n) is 3.86. The van der Waals surface area contributed by atoms with Crippen molar-refractivity contribution >= 4 is 13.6 Å². The first-order valence-electron chi connectivity index (χ1n) is 6.21. The Balaban J connectivity index is 3.44. The van der Waals surface area contributed by atoms with E-state index in [4.69, 9.17) is 9.05 Å². The van der Waals surface area contributed by atoms with Gasteiger partial charge in [-0.1, -0.05) is 30.3 Å². The fourth-order valence-electron chi connectivity index (χ4n) is 1.76. The highest BCUT2D eigenvalue weighted by atomic mass is 31.2. The molecule has 7 heteroatoms. The van der Waals surface area contributed by atoms with Gasteiger partial charge in [0.05, 0.1) is 20.3 Å². The van der Waals surface area contributed by atoms with Crippen LogP contribution in [0.25, 0.3) is 0 Å². The predicted octanol–water partition coefficient (Wildman–Crippen LogP) is 2.27. The van der Waals surface area contributed by atoms with Gasteiger partial charge in [-0.25, -0.2) is 4.79 Å². The van der Waals surface area contributed by atoms with Gasteiger partial charge in [-0.3, -0.25) is 4.57 Å². The van der Waals surface area contributed by atoms with Crippen molar-refractivity contribution in [2.75, 3.05) is 20.3 Å². The molecule has 0 fully saturated rings. The number of hydrogen-bond donors (Lipinski definition) is 1. The van der Waals surface area contributed by atoms with Gasteiger partial charge in [0.2, 0.25) is 0 Å². The van der Waals surface area contributed by atoms with Crippen LogP contribution < -0.4 is 0 Å². The molecule has 20 heavy (non-hydrogen) atoms. The maximum absolute atomic E-state index is 12.8. The predicted molar refractivity (Wildman–Crippen MR) is 73.2 cm³/mol. The van der Waals surface area contributed by atoms with Crippen molar-refractivity contribution in [3.05, 3.63) is 35.9 Å². The summed E-state index contributed by atoms with van der Waals surface area (Å²) < 4.78 is 27.6. The van der Waals surface area contributed by atoms with E-state index in [2.05, 4.69) is 4.74 Å². The summed E-state index contributed by atoms with van der Waals surface area (Å²) in [7, 11) is -3.06. The van der Waals surface area contributed by atoms with Gasteiger partial charge < -0.3 is 18.9 Å². The van der Waals surface area contributed by atoms with Gasteiger partial charge in [-0.05, 0) is 13.8 Å². The molecular weight excluding hydrogens is 283 g/mol. The fraction of sp³-hybridized carbons (Fsp3) is 0.462. The molecule has 0 aliphatic rings. The largest absolute Gasteiger partial charge is 0.466 e. The summed E-state index contributed by atoms with van der Waals surface area (Å²) in [4.78, 5) is 12.0. The topological polar surface area (TPSA) is 82.1 Å². The second kappa shape index (κ2) is 6.99. The Morgan fingerprint density at radius 1 is 1.20 bits per heavy atom. The van der Waals surface area contributed by atoms with E-state index in [1.54, 1.807) is 32.0 Å². The molecule has 1 aromatic carbocycles. The minimum atomic E-state index is -4.15. The van der Waals surface area contributed by atoms with Crippen molar-refractivity contribution in [3.63, 3.8) is 0 Å². The molecular formula is C13H19O6P. The van der Waals surface area contributed by atoms with E-state index in [1.807, 2.05) is 0 Å². The van der Waals surface area contributed by atoms with Crippen LogP contribution in [0, 0.1) is 0 Å². The van der Waals surface area contributed by atoms with Crippen LogP contribution in [0.5, 0.6) is 0 Å². The molecule has 0 aliphatic carbocycles. The van der Waals surface area contributed by atoms with Gasteiger partial charge in [0.15, 0.2) is 0 Å². The van der Waals surface area contributed by atoms with Crippen molar-refractivity contribution in [1.29, 1.82) is 0 Å². The van der Waals surface area contributed by atoms with E-state index in [1.165, 1.54) is 12.1 Å². The lowest BCUT2D eigenvalue weighted by molar-refractivity contribution is -0.156.